The molecule has 1 aromatic heterocycles. The van der Waals surface area contributed by atoms with Crippen molar-refractivity contribution in [1.29, 1.82) is 0 Å². The van der Waals surface area contributed by atoms with E-state index in [2.05, 4.69) is 20.8 Å². The van der Waals surface area contributed by atoms with E-state index in [1.807, 2.05) is 33.8 Å². The molecule has 0 fully saturated rings. The molecular formula is C20H20Cl2N4OS. The molecule has 0 aliphatic heterocycles. The van der Waals surface area contributed by atoms with Crippen molar-refractivity contribution in [1.82, 2.24) is 4.98 Å². The number of aryl methyl sites for hydroxylation is 2. The normalized spacial score (nSPS) is 11.7. The molecule has 2 N–H and O–H groups in total. The van der Waals surface area contributed by atoms with Gasteiger partial charge in [-0.25, -0.2) is 4.98 Å². The highest BCUT2D eigenvalue weighted by molar-refractivity contribution is 7.22. The Labute approximate surface area is 177 Å². The zero-order valence-corrected chi connectivity index (χ0v) is 18.3. The number of hydrogen-bond acceptors (Lipinski definition) is 5. The standard InChI is InChI=1S/C20H20Cl2N4OS/c1-5-11(3)25-26-20-23-16-8-10(2)17(12(4)18(16)28-20)24-19(27)14-9-13(21)6-7-15(14)22/h6-9H,5H2,1-4H3,(H,23,26)(H,24,27)/b25-11-. The van der Waals surface area contributed by atoms with Crippen molar-refractivity contribution in [3.05, 3.63) is 51.0 Å². The number of rotatable bonds is 5. The maximum absolute atomic E-state index is 12.7. The maximum atomic E-state index is 12.7. The number of amides is 1. The lowest BCUT2D eigenvalue weighted by Gasteiger charge is -2.13. The summed E-state index contributed by atoms with van der Waals surface area (Å²) in [5.41, 5.74) is 7.82. The van der Waals surface area contributed by atoms with Crippen LogP contribution in [0.5, 0.6) is 0 Å². The predicted molar refractivity (Wildman–Crippen MR) is 121 cm³/mol. The average Bonchev–Trinajstić information content (AvgIpc) is 3.07. The fourth-order valence-corrected chi connectivity index (χ4v) is 3.97. The van der Waals surface area contributed by atoms with Gasteiger partial charge in [-0.05, 0) is 62.6 Å². The van der Waals surface area contributed by atoms with Crippen LogP contribution in [0.2, 0.25) is 10.0 Å². The van der Waals surface area contributed by atoms with Crippen LogP contribution in [0.1, 0.15) is 41.8 Å². The van der Waals surface area contributed by atoms with Crippen LogP contribution in [0.3, 0.4) is 0 Å². The van der Waals surface area contributed by atoms with E-state index in [1.165, 1.54) is 11.3 Å². The molecule has 8 heteroatoms. The number of anilines is 2. The number of carbonyl (C=O) groups is 1. The Morgan fingerprint density at radius 1 is 1.25 bits per heavy atom. The number of hydrazone groups is 1. The first kappa shape index (κ1) is 20.6. The molecule has 2 aromatic carbocycles. The van der Waals surface area contributed by atoms with Gasteiger partial charge in [0, 0.05) is 16.4 Å². The number of benzene rings is 2. The summed E-state index contributed by atoms with van der Waals surface area (Å²) < 4.78 is 0.991. The number of aromatic nitrogens is 1. The van der Waals surface area contributed by atoms with E-state index in [-0.39, 0.29) is 5.91 Å². The molecule has 0 aliphatic rings. The molecule has 3 aromatic rings. The molecule has 0 unspecified atom stereocenters. The fraction of sp³-hybridized carbons (Fsp3) is 0.250. The van der Waals surface area contributed by atoms with Gasteiger partial charge in [0.05, 0.1) is 20.8 Å². The molecule has 0 saturated heterocycles. The van der Waals surface area contributed by atoms with Crippen molar-refractivity contribution < 1.29 is 4.79 Å². The van der Waals surface area contributed by atoms with Gasteiger partial charge in [-0.1, -0.05) is 41.5 Å². The minimum atomic E-state index is -0.302. The van der Waals surface area contributed by atoms with E-state index < -0.39 is 0 Å². The lowest BCUT2D eigenvalue weighted by molar-refractivity contribution is 0.102. The first-order chi connectivity index (χ1) is 13.3. The summed E-state index contributed by atoms with van der Waals surface area (Å²) >= 11 is 13.7. The molecule has 0 saturated carbocycles. The van der Waals surface area contributed by atoms with Crippen LogP contribution in [-0.4, -0.2) is 16.6 Å². The van der Waals surface area contributed by atoms with E-state index in [0.717, 1.165) is 39.2 Å². The van der Waals surface area contributed by atoms with Gasteiger partial charge in [-0.15, -0.1) is 0 Å². The van der Waals surface area contributed by atoms with Crippen molar-refractivity contribution in [2.45, 2.75) is 34.1 Å². The van der Waals surface area contributed by atoms with Crippen molar-refractivity contribution in [2.75, 3.05) is 10.7 Å². The summed E-state index contributed by atoms with van der Waals surface area (Å²) in [6, 6.07) is 6.78. The smallest absolute Gasteiger partial charge is 0.257 e. The Hall–Kier alpha value is -2.15. The second-order valence-corrected chi connectivity index (χ2v) is 8.29. The van der Waals surface area contributed by atoms with Gasteiger partial charge < -0.3 is 5.32 Å². The molecule has 5 nitrogen and oxygen atoms in total. The molecule has 1 amide bonds. The van der Waals surface area contributed by atoms with Gasteiger partial charge >= 0.3 is 0 Å². The summed E-state index contributed by atoms with van der Waals surface area (Å²) in [5, 5.41) is 8.80. The minimum Gasteiger partial charge on any atom is -0.321 e. The van der Waals surface area contributed by atoms with E-state index in [9.17, 15) is 4.79 Å². The van der Waals surface area contributed by atoms with Crippen LogP contribution in [0.25, 0.3) is 10.2 Å². The third kappa shape index (κ3) is 4.29. The highest BCUT2D eigenvalue weighted by atomic mass is 35.5. The van der Waals surface area contributed by atoms with Gasteiger partial charge in [-0.3, -0.25) is 10.2 Å². The highest BCUT2D eigenvalue weighted by Crippen LogP contribution is 2.35. The Kier molecular flexibility index (Phi) is 6.23. The average molecular weight is 435 g/mol. The number of fused-ring (bicyclic) bond motifs is 1. The minimum absolute atomic E-state index is 0.302. The molecule has 146 valence electrons. The molecular weight excluding hydrogens is 415 g/mol. The number of halogens is 2. The Balaban J connectivity index is 1.95. The van der Waals surface area contributed by atoms with Crippen molar-refractivity contribution in [2.24, 2.45) is 5.10 Å². The third-order valence-electron chi connectivity index (χ3n) is 4.38. The third-order valence-corrected chi connectivity index (χ3v) is 6.04. The Bertz CT molecular complexity index is 1090. The van der Waals surface area contributed by atoms with Crippen LogP contribution < -0.4 is 10.7 Å². The molecule has 0 atom stereocenters. The summed E-state index contributed by atoms with van der Waals surface area (Å²) in [5.74, 6) is -0.302. The van der Waals surface area contributed by atoms with E-state index in [4.69, 9.17) is 23.2 Å². The van der Waals surface area contributed by atoms with E-state index >= 15 is 0 Å². The first-order valence-electron chi connectivity index (χ1n) is 8.76. The monoisotopic (exact) mass is 434 g/mol. The maximum Gasteiger partial charge on any atom is 0.257 e. The largest absolute Gasteiger partial charge is 0.321 e. The molecule has 1 heterocycles. The zero-order valence-electron chi connectivity index (χ0n) is 16.0. The van der Waals surface area contributed by atoms with Crippen LogP contribution >= 0.6 is 34.5 Å². The topological polar surface area (TPSA) is 66.4 Å². The predicted octanol–water partition coefficient (Wildman–Crippen LogP) is 6.67. The summed E-state index contributed by atoms with van der Waals surface area (Å²) in [6.45, 7) is 7.92. The van der Waals surface area contributed by atoms with Crippen molar-refractivity contribution in [3.63, 3.8) is 0 Å². The number of carbonyl (C=O) groups excluding carboxylic acids is 1. The van der Waals surface area contributed by atoms with Crippen molar-refractivity contribution in [3.8, 4) is 0 Å². The van der Waals surface area contributed by atoms with Crippen molar-refractivity contribution >= 4 is 67.2 Å². The molecule has 0 bridgehead atoms. The molecule has 28 heavy (non-hydrogen) atoms. The molecule has 0 spiro atoms. The van der Waals surface area contributed by atoms with Crippen LogP contribution in [0, 0.1) is 13.8 Å². The second kappa shape index (κ2) is 8.47. The first-order valence-corrected chi connectivity index (χ1v) is 10.3. The fourth-order valence-electron chi connectivity index (χ4n) is 2.70. The van der Waals surface area contributed by atoms with Crippen LogP contribution in [0.15, 0.2) is 29.4 Å². The van der Waals surface area contributed by atoms with Gasteiger partial charge in [0.1, 0.15) is 0 Å². The number of hydrogen-bond donors (Lipinski definition) is 2. The van der Waals surface area contributed by atoms with Gasteiger partial charge in [-0.2, -0.15) is 5.10 Å². The molecule has 3 rings (SSSR count). The lowest BCUT2D eigenvalue weighted by Crippen LogP contribution is -2.14. The number of nitrogens with one attached hydrogen (secondary N) is 2. The summed E-state index contributed by atoms with van der Waals surface area (Å²) in [4.78, 5) is 17.3. The zero-order chi connectivity index (χ0) is 20.4. The van der Waals surface area contributed by atoms with Gasteiger partial charge in [0.2, 0.25) is 5.13 Å². The quantitative estimate of drug-likeness (QED) is 0.347. The lowest BCUT2D eigenvalue weighted by atomic mass is 10.1. The number of thiazole rings is 1. The highest BCUT2D eigenvalue weighted by Gasteiger charge is 2.17. The Morgan fingerprint density at radius 3 is 2.71 bits per heavy atom. The van der Waals surface area contributed by atoms with Crippen LogP contribution in [0.4, 0.5) is 10.8 Å². The summed E-state index contributed by atoms with van der Waals surface area (Å²) in [6.07, 6.45) is 0.873. The second-order valence-electron chi connectivity index (χ2n) is 6.45. The van der Waals surface area contributed by atoms with Gasteiger partial charge in [0.25, 0.3) is 5.91 Å². The van der Waals surface area contributed by atoms with Gasteiger partial charge in [0.15, 0.2) is 0 Å². The Morgan fingerprint density at radius 2 is 2.00 bits per heavy atom. The van der Waals surface area contributed by atoms with Crippen LogP contribution in [-0.2, 0) is 0 Å². The molecule has 0 aliphatic carbocycles. The van der Waals surface area contributed by atoms with E-state index in [1.54, 1.807) is 18.2 Å². The summed E-state index contributed by atoms with van der Waals surface area (Å²) in [7, 11) is 0. The number of nitrogens with zero attached hydrogens (tertiary/aromatic N) is 2. The molecule has 0 radical (unpaired) electrons. The SMILES string of the molecule is CC/C(C)=N\Nc1nc2cc(C)c(NC(=O)c3cc(Cl)ccc3Cl)c(C)c2s1. The van der Waals surface area contributed by atoms with E-state index in [0.29, 0.717) is 20.7 Å².